The van der Waals surface area contributed by atoms with Crippen molar-refractivity contribution in [2.45, 2.75) is 6.42 Å². The van der Waals surface area contributed by atoms with Crippen LogP contribution in [0.4, 0.5) is 4.79 Å². The summed E-state index contributed by atoms with van der Waals surface area (Å²) in [6, 6.07) is 5.12. The van der Waals surface area contributed by atoms with E-state index < -0.39 is 12.1 Å². The zero-order valence-electron chi connectivity index (χ0n) is 11.5. The van der Waals surface area contributed by atoms with E-state index in [4.69, 9.17) is 5.11 Å². The number of benzene rings is 1. The number of nitrogens with one attached hydrogen (secondary N) is 1. The lowest BCUT2D eigenvalue weighted by Gasteiger charge is -2.08. The Labute approximate surface area is 122 Å². The number of carbonyl (C=O) groups is 2. The van der Waals surface area contributed by atoms with E-state index in [-0.39, 0.29) is 12.3 Å². The summed E-state index contributed by atoms with van der Waals surface area (Å²) >= 11 is 0. The van der Waals surface area contributed by atoms with Crippen LogP contribution in [-0.4, -0.2) is 30.3 Å². The molecule has 0 aliphatic heterocycles. The van der Waals surface area contributed by atoms with Crippen LogP contribution >= 0.6 is 0 Å². The maximum Gasteiger partial charge on any atom is 0.511 e. The molecule has 6 heteroatoms. The molecule has 0 bridgehead atoms. The van der Waals surface area contributed by atoms with Gasteiger partial charge in [0.1, 0.15) is 5.75 Å². The molecule has 0 aliphatic carbocycles. The fraction of sp³-hybridized carbons (Fsp3) is 0.200. The molecule has 21 heavy (non-hydrogen) atoms. The lowest BCUT2D eigenvalue weighted by Crippen LogP contribution is -2.25. The van der Waals surface area contributed by atoms with Gasteiger partial charge in [-0.2, -0.15) is 0 Å². The molecule has 0 spiro atoms. The van der Waals surface area contributed by atoms with Gasteiger partial charge < -0.3 is 19.9 Å². The molecule has 1 aromatic rings. The summed E-state index contributed by atoms with van der Waals surface area (Å²) in [6.07, 6.45) is 1.90. The minimum atomic E-state index is -1.37. The molecule has 0 saturated carbocycles. The first-order valence-corrected chi connectivity index (χ1v) is 6.24. The monoisotopic (exact) mass is 291 g/mol. The molecule has 0 unspecified atom stereocenters. The second-order valence-electron chi connectivity index (χ2n) is 4.03. The molecule has 0 amide bonds. The quantitative estimate of drug-likeness (QED) is 0.330. The molecule has 1 aromatic carbocycles. The largest absolute Gasteiger partial charge is 0.511 e. The topological polar surface area (TPSA) is 84.9 Å². The zero-order chi connectivity index (χ0) is 15.7. The van der Waals surface area contributed by atoms with E-state index in [1.165, 1.54) is 6.08 Å². The Balaban J connectivity index is 2.52. The Morgan fingerprint density at radius 1 is 1.33 bits per heavy atom. The second-order valence-corrected chi connectivity index (χ2v) is 4.03. The predicted molar refractivity (Wildman–Crippen MR) is 78.0 cm³/mol. The number of esters is 1. The highest BCUT2D eigenvalue weighted by molar-refractivity contribution is 5.72. The number of hydrogen-bond acceptors (Lipinski definition) is 5. The van der Waals surface area contributed by atoms with Crippen molar-refractivity contribution in [3.63, 3.8) is 0 Å². The van der Waals surface area contributed by atoms with Gasteiger partial charge in [0, 0.05) is 5.56 Å². The van der Waals surface area contributed by atoms with Gasteiger partial charge in [-0.15, -0.1) is 0 Å². The van der Waals surface area contributed by atoms with Gasteiger partial charge >= 0.3 is 12.1 Å². The van der Waals surface area contributed by atoms with Crippen LogP contribution in [0.2, 0.25) is 0 Å². The summed E-state index contributed by atoms with van der Waals surface area (Å²) in [6.45, 7) is 7.58. The van der Waals surface area contributed by atoms with Crippen molar-refractivity contribution < 1.29 is 24.2 Å². The number of rotatable bonds is 8. The molecule has 0 atom stereocenters. The Bertz CT molecular complexity index is 539. The number of carbonyl (C=O) groups excluding carboxylic acids is 1. The molecule has 1 rings (SSSR count). The molecule has 0 aliphatic rings. The molecule has 0 aromatic heterocycles. The number of ether oxygens (including phenoxy) is 2. The predicted octanol–water partition coefficient (Wildman–Crippen LogP) is 2.21. The SMILES string of the molecule is C=COC(=O)CNCCc1ccc(OC(=O)O)c(C=C)c1. The highest BCUT2D eigenvalue weighted by atomic mass is 16.7. The summed E-state index contributed by atoms with van der Waals surface area (Å²) < 4.78 is 9.19. The fourth-order valence-corrected chi connectivity index (χ4v) is 1.66. The third-order valence-corrected chi connectivity index (χ3v) is 2.57. The molecular formula is C15H17NO5. The van der Waals surface area contributed by atoms with E-state index in [0.717, 1.165) is 11.8 Å². The van der Waals surface area contributed by atoms with Gasteiger partial charge in [-0.1, -0.05) is 25.3 Å². The van der Waals surface area contributed by atoms with E-state index in [9.17, 15) is 9.59 Å². The molecular weight excluding hydrogens is 274 g/mol. The van der Waals surface area contributed by atoms with Crippen molar-refractivity contribution in [1.82, 2.24) is 5.32 Å². The van der Waals surface area contributed by atoms with Crippen molar-refractivity contribution in [2.24, 2.45) is 0 Å². The molecule has 0 heterocycles. The molecule has 6 nitrogen and oxygen atoms in total. The summed E-state index contributed by atoms with van der Waals surface area (Å²) in [5.74, 6) is -0.161. The molecule has 112 valence electrons. The lowest BCUT2D eigenvalue weighted by molar-refractivity contribution is -0.136. The summed E-state index contributed by atoms with van der Waals surface area (Å²) in [4.78, 5) is 21.6. The van der Waals surface area contributed by atoms with E-state index >= 15 is 0 Å². The minimum absolute atomic E-state index is 0.0978. The Morgan fingerprint density at radius 2 is 2.10 bits per heavy atom. The van der Waals surface area contributed by atoms with Gasteiger partial charge in [0.15, 0.2) is 0 Å². The fourth-order valence-electron chi connectivity index (χ4n) is 1.66. The van der Waals surface area contributed by atoms with Crippen LogP contribution in [0.1, 0.15) is 11.1 Å². The van der Waals surface area contributed by atoms with Crippen LogP contribution in [0.3, 0.4) is 0 Å². The molecule has 0 radical (unpaired) electrons. The van der Waals surface area contributed by atoms with Crippen LogP contribution in [0, 0.1) is 0 Å². The molecule has 0 saturated heterocycles. The third kappa shape index (κ3) is 5.92. The van der Waals surface area contributed by atoms with Crippen molar-refractivity contribution in [2.75, 3.05) is 13.1 Å². The average molecular weight is 291 g/mol. The third-order valence-electron chi connectivity index (χ3n) is 2.57. The van der Waals surface area contributed by atoms with Gasteiger partial charge in [0.05, 0.1) is 12.8 Å². The standard InChI is InChI=1S/C15H17NO5/c1-3-12-9-11(5-6-13(12)21-15(18)19)7-8-16-10-14(17)20-4-2/h3-6,9,16H,1-2,7-8,10H2,(H,18,19). The van der Waals surface area contributed by atoms with Gasteiger partial charge in [-0.25, -0.2) is 4.79 Å². The van der Waals surface area contributed by atoms with Crippen LogP contribution in [-0.2, 0) is 16.0 Å². The highest BCUT2D eigenvalue weighted by Gasteiger charge is 2.07. The van der Waals surface area contributed by atoms with Gasteiger partial charge in [-0.3, -0.25) is 4.79 Å². The first-order chi connectivity index (χ1) is 10.1. The first-order valence-electron chi connectivity index (χ1n) is 6.24. The van der Waals surface area contributed by atoms with E-state index in [1.54, 1.807) is 18.2 Å². The zero-order valence-corrected chi connectivity index (χ0v) is 11.5. The maximum absolute atomic E-state index is 11.1. The van der Waals surface area contributed by atoms with Gasteiger partial charge in [0.25, 0.3) is 0 Å². The second kappa shape index (κ2) is 8.55. The van der Waals surface area contributed by atoms with Crippen molar-refractivity contribution in [1.29, 1.82) is 0 Å². The van der Waals surface area contributed by atoms with Crippen molar-refractivity contribution >= 4 is 18.2 Å². The van der Waals surface area contributed by atoms with Crippen molar-refractivity contribution in [3.05, 3.63) is 48.7 Å². The van der Waals surface area contributed by atoms with Gasteiger partial charge in [0.2, 0.25) is 0 Å². The normalized spacial score (nSPS) is 9.71. The average Bonchev–Trinajstić information content (AvgIpc) is 2.44. The van der Waals surface area contributed by atoms with Crippen LogP contribution in [0.5, 0.6) is 5.75 Å². The number of hydrogen-bond donors (Lipinski definition) is 2. The van der Waals surface area contributed by atoms with Crippen LogP contribution < -0.4 is 10.1 Å². The molecule has 0 fully saturated rings. The Kier molecular flexibility index (Phi) is 6.70. The highest BCUT2D eigenvalue weighted by Crippen LogP contribution is 2.21. The Morgan fingerprint density at radius 3 is 2.71 bits per heavy atom. The first kappa shape index (κ1) is 16.5. The van der Waals surface area contributed by atoms with Crippen LogP contribution in [0.25, 0.3) is 6.08 Å². The Hall–Kier alpha value is -2.60. The van der Waals surface area contributed by atoms with Gasteiger partial charge in [-0.05, 0) is 30.7 Å². The molecule has 2 N–H and O–H groups in total. The maximum atomic E-state index is 11.1. The lowest BCUT2D eigenvalue weighted by atomic mass is 10.1. The van der Waals surface area contributed by atoms with E-state index in [0.29, 0.717) is 18.5 Å². The summed E-state index contributed by atoms with van der Waals surface area (Å²) in [5, 5.41) is 11.5. The van der Waals surface area contributed by atoms with Crippen molar-refractivity contribution in [3.8, 4) is 5.75 Å². The van der Waals surface area contributed by atoms with Crippen LogP contribution in [0.15, 0.2) is 37.6 Å². The van der Waals surface area contributed by atoms with E-state index in [2.05, 4.69) is 27.9 Å². The number of carboxylic acid groups (broad SMARTS) is 1. The smallest absolute Gasteiger partial charge is 0.449 e. The minimum Gasteiger partial charge on any atom is -0.449 e. The van der Waals surface area contributed by atoms with E-state index in [1.807, 2.05) is 0 Å². The summed E-state index contributed by atoms with van der Waals surface area (Å²) in [7, 11) is 0. The summed E-state index contributed by atoms with van der Waals surface area (Å²) in [5.41, 5.74) is 1.56.